The summed E-state index contributed by atoms with van der Waals surface area (Å²) < 4.78 is 1.83. The molecule has 0 amide bonds. The molecule has 0 aromatic carbocycles. The van der Waals surface area contributed by atoms with Crippen LogP contribution >= 0.6 is 11.6 Å². The molecule has 4 heteroatoms. The molecule has 0 unspecified atom stereocenters. The van der Waals surface area contributed by atoms with Gasteiger partial charge in [0.05, 0.1) is 18.1 Å². The second-order valence-electron chi connectivity index (χ2n) is 2.38. The second-order valence-corrected chi connectivity index (χ2v) is 2.74. The molecule has 11 heavy (non-hydrogen) atoms. The van der Waals surface area contributed by atoms with Crippen LogP contribution in [0.3, 0.4) is 0 Å². The topological polar surface area (TPSA) is 38.0 Å². The molecule has 3 nitrogen and oxygen atoms in total. The molecule has 1 heterocycles. The number of aromatic nitrogens is 2. The molecule has 1 atom stereocenters. The molecular weight excluding hydrogens is 164 g/mol. The van der Waals surface area contributed by atoms with Crippen LogP contribution in [-0.4, -0.2) is 14.7 Å². The van der Waals surface area contributed by atoms with Crippen LogP contribution in [0.25, 0.3) is 0 Å². The fourth-order valence-corrected chi connectivity index (χ4v) is 1.34. The molecule has 1 aromatic rings. The van der Waals surface area contributed by atoms with E-state index < -0.39 is 6.10 Å². The molecule has 1 rings (SSSR count). The summed E-state index contributed by atoms with van der Waals surface area (Å²) in [4.78, 5) is 3.88. The first-order chi connectivity index (χ1) is 5.16. The fourth-order valence-electron chi connectivity index (χ4n) is 1.03. The summed E-state index contributed by atoms with van der Waals surface area (Å²) in [5, 5.41) is 9.65. The number of rotatable bonds is 2. The molecule has 62 valence electrons. The minimum atomic E-state index is -0.551. The molecule has 0 aliphatic carbocycles. The Hall–Kier alpha value is -0.540. The Morgan fingerprint density at radius 3 is 2.82 bits per heavy atom. The van der Waals surface area contributed by atoms with E-state index in [9.17, 15) is 5.11 Å². The van der Waals surface area contributed by atoms with E-state index in [-0.39, 0.29) is 0 Å². The Bertz CT molecular complexity index is 245. The van der Waals surface area contributed by atoms with E-state index >= 15 is 0 Å². The van der Waals surface area contributed by atoms with Crippen molar-refractivity contribution in [3.05, 3.63) is 17.2 Å². The van der Waals surface area contributed by atoms with Crippen LogP contribution < -0.4 is 0 Å². The van der Waals surface area contributed by atoms with Gasteiger partial charge >= 0.3 is 0 Å². The number of hydrogen-bond donors (Lipinski definition) is 1. The van der Waals surface area contributed by atoms with Crippen LogP contribution in [0.2, 0.25) is 5.15 Å². The average molecular weight is 175 g/mol. The Labute approximate surface area is 70.6 Å². The summed E-state index contributed by atoms with van der Waals surface area (Å²) in [5.74, 6) is 0. The lowest BCUT2D eigenvalue weighted by atomic mass is 10.3. The average Bonchev–Trinajstić information content (AvgIpc) is 2.30. The quantitative estimate of drug-likeness (QED) is 0.740. The van der Waals surface area contributed by atoms with Crippen molar-refractivity contribution in [2.45, 2.75) is 26.5 Å². The number of halogens is 1. The Morgan fingerprint density at radius 2 is 2.45 bits per heavy atom. The number of aliphatic hydroxyl groups excluding tert-OH is 1. The molecule has 0 aliphatic rings. The molecule has 0 bridgehead atoms. The van der Waals surface area contributed by atoms with Gasteiger partial charge in [-0.1, -0.05) is 11.6 Å². The molecule has 1 N–H and O–H groups in total. The zero-order chi connectivity index (χ0) is 8.43. The van der Waals surface area contributed by atoms with Gasteiger partial charge in [-0.2, -0.15) is 0 Å². The number of aliphatic hydroxyl groups is 1. The first kappa shape index (κ1) is 8.56. The van der Waals surface area contributed by atoms with Crippen molar-refractivity contribution in [1.82, 2.24) is 9.55 Å². The summed E-state index contributed by atoms with van der Waals surface area (Å²) >= 11 is 5.73. The summed E-state index contributed by atoms with van der Waals surface area (Å²) in [7, 11) is 0. The van der Waals surface area contributed by atoms with Gasteiger partial charge < -0.3 is 9.67 Å². The maximum atomic E-state index is 9.26. The monoisotopic (exact) mass is 174 g/mol. The molecule has 0 saturated heterocycles. The van der Waals surface area contributed by atoms with Crippen molar-refractivity contribution in [3.8, 4) is 0 Å². The first-order valence-corrected chi connectivity index (χ1v) is 3.93. The maximum absolute atomic E-state index is 9.26. The standard InChI is InChI=1S/C7H11ClN2O/c1-3-10-4-9-7(8)6(10)5(2)11/h4-5,11H,3H2,1-2H3/t5-/m1/s1. The van der Waals surface area contributed by atoms with E-state index in [0.717, 1.165) is 6.54 Å². The normalized spacial score (nSPS) is 13.5. The lowest BCUT2D eigenvalue weighted by molar-refractivity contribution is 0.189. The minimum Gasteiger partial charge on any atom is -0.387 e. The molecule has 0 saturated carbocycles. The van der Waals surface area contributed by atoms with E-state index in [0.29, 0.717) is 10.8 Å². The predicted octanol–water partition coefficient (Wildman–Crippen LogP) is 1.61. The van der Waals surface area contributed by atoms with Crippen molar-refractivity contribution in [2.75, 3.05) is 0 Å². The van der Waals surface area contributed by atoms with Crippen LogP contribution in [-0.2, 0) is 6.54 Å². The lowest BCUT2D eigenvalue weighted by Crippen LogP contribution is -2.02. The van der Waals surface area contributed by atoms with Gasteiger partial charge in [0.25, 0.3) is 0 Å². The van der Waals surface area contributed by atoms with E-state index in [1.807, 2.05) is 11.5 Å². The number of imidazole rings is 1. The number of nitrogens with zero attached hydrogens (tertiary/aromatic N) is 2. The molecule has 0 fully saturated rings. The summed E-state index contributed by atoms with van der Waals surface area (Å²) in [6.07, 6.45) is 1.08. The van der Waals surface area contributed by atoms with Gasteiger partial charge in [0.15, 0.2) is 5.15 Å². The molecule has 0 spiro atoms. The zero-order valence-corrected chi connectivity index (χ0v) is 7.34. The van der Waals surface area contributed by atoms with Gasteiger partial charge in [-0.05, 0) is 13.8 Å². The molecule has 1 aromatic heterocycles. The van der Waals surface area contributed by atoms with Gasteiger partial charge in [-0.25, -0.2) is 4.98 Å². The molecular formula is C7H11ClN2O. The van der Waals surface area contributed by atoms with E-state index in [1.165, 1.54) is 0 Å². The van der Waals surface area contributed by atoms with Gasteiger partial charge in [0.2, 0.25) is 0 Å². The predicted molar refractivity (Wildman–Crippen MR) is 43.5 cm³/mol. The highest BCUT2D eigenvalue weighted by molar-refractivity contribution is 6.30. The summed E-state index contributed by atoms with van der Waals surface area (Å²) in [5.41, 5.74) is 0.689. The zero-order valence-electron chi connectivity index (χ0n) is 6.58. The van der Waals surface area contributed by atoms with Gasteiger partial charge in [-0.3, -0.25) is 0 Å². The highest BCUT2D eigenvalue weighted by Crippen LogP contribution is 2.20. The van der Waals surface area contributed by atoms with Crippen molar-refractivity contribution in [3.63, 3.8) is 0 Å². The highest BCUT2D eigenvalue weighted by Gasteiger charge is 2.12. The molecule has 0 radical (unpaired) electrons. The third kappa shape index (κ3) is 1.54. The summed E-state index contributed by atoms with van der Waals surface area (Å²) in [6, 6.07) is 0. The van der Waals surface area contributed by atoms with Crippen LogP contribution in [0.15, 0.2) is 6.33 Å². The highest BCUT2D eigenvalue weighted by atomic mass is 35.5. The minimum absolute atomic E-state index is 0.391. The van der Waals surface area contributed by atoms with Crippen LogP contribution in [0.5, 0.6) is 0 Å². The van der Waals surface area contributed by atoms with E-state index in [1.54, 1.807) is 13.3 Å². The number of hydrogen-bond acceptors (Lipinski definition) is 2. The maximum Gasteiger partial charge on any atom is 0.152 e. The van der Waals surface area contributed by atoms with Crippen molar-refractivity contribution < 1.29 is 5.11 Å². The van der Waals surface area contributed by atoms with Gasteiger partial charge in [-0.15, -0.1) is 0 Å². The third-order valence-corrected chi connectivity index (χ3v) is 1.86. The first-order valence-electron chi connectivity index (χ1n) is 3.55. The third-order valence-electron chi connectivity index (χ3n) is 1.57. The SMILES string of the molecule is CCn1cnc(Cl)c1[C@@H](C)O. The van der Waals surface area contributed by atoms with E-state index in [4.69, 9.17) is 11.6 Å². The van der Waals surface area contributed by atoms with Gasteiger partial charge in [0, 0.05) is 6.54 Å². The lowest BCUT2D eigenvalue weighted by Gasteiger charge is -2.07. The van der Waals surface area contributed by atoms with Gasteiger partial charge in [0.1, 0.15) is 0 Å². The Morgan fingerprint density at radius 1 is 1.82 bits per heavy atom. The fraction of sp³-hybridized carbons (Fsp3) is 0.571. The van der Waals surface area contributed by atoms with E-state index in [2.05, 4.69) is 4.98 Å². The van der Waals surface area contributed by atoms with Crippen LogP contribution in [0, 0.1) is 0 Å². The van der Waals surface area contributed by atoms with Crippen molar-refractivity contribution in [2.24, 2.45) is 0 Å². The van der Waals surface area contributed by atoms with Crippen molar-refractivity contribution >= 4 is 11.6 Å². The summed E-state index contributed by atoms with van der Waals surface area (Å²) in [6.45, 7) is 4.43. The smallest absolute Gasteiger partial charge is 0.152 e. The number of aryl methyl sites for hydroxylation is 1. The molecule has 0 aliphatic heterocycles. The Balaban J connectivity index is 3.07. The van der Waals surface area contributed by atoms with Crippen molar-refractivity contribution in [1.29, 1.82) is 0 Å². The Kier molecular flexibility index (Phi) is 2.52. The van der Waals surface area contributed by atoms with Crippen LogP contribution in [0.4, 0.5) is 0 Å². The largest absolute Gasteiger partial charge is 0.387 e. The van der Waals surface area contributed by atoms with Crippen LogP contribution in [0.1, 0.15) is 25.6 Å². The second kappa shape index (κ2) is 3.24.